The first kappa shape index (κ1) is 11.5. The van der Waals surface area contributed by atoms with E-state index in [1.165, 1.54) is 5.38 Å². The highest BCUT2D eigenvalue weighted by atomic mass is 32.1. The fraction of sp³-hybridized carbons (Fsp3) is 0.154. The number of carbonyl (C=O) groups excluding carboxylic acids is 1. The number of aldehydes is 1. The Morgan fingerprint density at radius 3 is 2.72 bits per heavy atom. The lowest BCUT2D eigenvalue weighted by Gasteiger charge is -2.22. The molecule has 0 N–H and O–H groups in total. The highest BCUT2D eigenvalue weighted by molar-refractivity contribution is 7.08. The Morgan fingerprint density at radius 1 is 1.28 bits per heavy atom. The van der Waals surface area contributed by atoms with Gasteiger partial charge in [-0.1, -0.05) is 24.3 Å². The van der Waals surface area contributed by atoms with Crippen molar-refractivity contribution in [3.05, 3.63) is 57.3 Å². The summed E-state index contributed by atoms with van der Waals surface area (Å²) in [6, 6.07) is 7.06. The molecule has 2 nitrogen and oxygen atoms in total. The summed E-state index contributed by atoms with van der Waals surface area (Å²) in [5.41, 5.74) is -0.168. The highest BCUT2D eigenvalue weighted by Crippen LogP contribution is 2.42. The monoisotopic (exact) mass is 266 g/mol. The van der Waals surface area contributed by atoms with Gasteiger partial charge >= 0.3 is 0 Å². The van der Waals surface area contributed by atoms with E-state index in [0.29, 0.717) is 23.2 Å². The summed E-state index contributed by atoms with van der Waals surface area (Å²) in [5.74, 6) is -1.01. The number of rotatable bonds is 2. The van der Waals surface area contributed by atoms with Crippen molar-refractivity contribution in [2.24, 2.45) is 0 Å². The van der Waals surface area contributed by atoms with Crippen molar-refractivity contribution in [2.45, 2.75) is 12.2 Å². The molecule has 0 bridgehead atoms. The minimum absolute atomic E-state index is 0.0510. The predicted molar refractivity (Wildman–Crippen MR) is 62.3 cm³/mol. The normalized spacial score (nSPS) is 21.9. The van der Waals surface area contributed by atoms with Crippen LogP contribution in [0.3, 0.4) is 0 Å². The second-order valence-corrected chi connectivity index (χ2v) is 4.87. The van der Waals surface area contributed by atoms with Crippen LogP contribution in [-0.2, 0) is 21.7 Å². The minimum atomic E-state index is -1.51. The maximum absolute atomic E-state index is 13.7. The van der Waals surface area contributed by atoms with Gasteiger partial charge in [0.1, 0.15) is 0 Å². The summed E-state index contributed by atoms with van der Waals surface area (Å²) in [4.78, 5) is 11.4. The van der Waals surface area contributed by atoms with Crippen LogP contribution in [0.4, 0.5) is 8.78 Å². The Kier molecular flexibility index (Phi) is 2.53. The lowest BCUT2D eigenvalue weighted by Crippen LogP contribution is -2.29. The Bertz CT molecular complexity index is 623. The molecule has 0 amide bonds. The van der Waals surface area contributed by atoms with Crippen molar-refractivity contribution in [1.29, 1.82) is 0 Å². The van der Waals surface area contributed by atoms with Crippen LogP contribution < -0.4 is 0 Å². The van der Waals surface area contributed by atoms with Crippen LogP contribution >= 0.6 is 11.3 Å². The van der Waals surface area contributed by atoms with Crippen molar-refractivity contribution in [2.75, 3.05) is 0 Å². The maximum atomic E-state index is 13.7. The van der Waals surface area contributed by atoms with E-state index in [1.54, 1.807) is 18.2 Å². The average molecular weight is 266 g/mol. The number of carbonyl (C=O) groups is 1. The van der Waals surface area contributed by atoms with Crippen LogP contribution in [0.15, 0.2) is 29.6 Å². The molecule has 1 aromatic carbocycles. The second-order valence-electron chi connectivity index (χ2n) is 4.04. The molecule has 0 saturated heterocycles. The molecule has 1 unspecified atom stereocenters. The molecule has 0 fully saturated rings. The van der Waals surface area contributed by atoms with Crippen LogP contribution in [0.25, 0.3) is 0 Å². The topological polar surface area (TPSA) is 26.3 Å². The first-order chi connectivity index (χ1) is 8.69. The number of hydrogen-bond acceptors (Lipinski definition) is 3. The molecule has 5 heteroatoms. The third kappa shape index (κ3) is 1.38. The lowest BCUT2D eigenvalue weighted by molar-refractivity contribution is -0.126. The number of halogens is 2. The number of ether oxygens (including phenoxy) is 1. The van der Waals surface area contributed by atoms with Gasteiger partial charge in [0, 0.05) is 16.5 Å². The molecule has 18 heavy (non-hydrogen) atoms. The first-order valence-corrected chi connectivity index (χ1v) is 6.18. The number of fused-ring (bicyclic) bond motifs is 1. The zero-order valence-electron chi connectivity index (χ0n) is 9.15. The van der Waals surface area contributed by atoms with Gasteiger partial charge in [-0.25, -0.2) is 4.39 Å². The van der Waals surface area contributed by atoms with E-state index in [4.69, 9.17) is 4.74 Å². The van der Waals surface area contributed by atoms with E-state index in [2.05, 4.69) is 0 Å². The number of benzene rings is 1. The van der Waals surface area contributed by atoms with Gasteiger partial charge in [0.15, 0.2) is 17.7 Å². The molecule has 0 saturated carbocycles. The van der Waals surface area contributed by atoms with Gasteiger partial charge in [-0.2, -0.15) is 4.39 Å². The molecule has 1 aromatic heterocycles. The standard InChI is InChI=1S/C13H8F2O2S/c14-11-10(6-18-12(11)15)13(7-16)9-4-2-1-3-8(9)5-17-13/h1-4,6-7H,5H2. The summed E-state index contributed by atoms with van der Waals surface area (Å²) < 4.78 is 32.4. The van der Waals surface area contributed by atoms with Crippen molar-refractivity contribution in [3.63, 3.8) is 0 Å². The molecular formula is C13H8F2O2S. The smallest absolute Gasteiger partial charge is 0.212 e. The first-order valence-electron chi connectivity index (χ1n) is 5.30. The molecule has 2 heterocycles. The van der Waals surface area contributed by atoms with E-state index >= 15 is 0 Å². The zero-order chi connectivity index (χ0) is 12.8. The maximum Gasteiger partial charge on any atom is 0.212 e. The molecule has 1 aliphatic rings. The average Bonchev–Trinajstić information content (AvgIpc) is 2.93. The summed E-state index contributed by atoms with van der Waals surface area (Å²) in [6.45, 7) is 0.214. The summed E-state index contributed by atoms with van der Waals surface area (Å²) in [6.07, 6.45) is 0.531. The van der Waals surface area contributed by atoms with Crippen molar-refractivity contribution in [1.82, 2.24) is 0 Å². The summed E-state index contributed by atoms with van der Waals surface area (Å²) in [5, 5.41) is 0.362. The zero-order valence-corrected chi connectivity index (χ0v) is 9.97. The van der Waals surface area contributed by atoms with E-state index in [9.17, 15) is 13.6 Å². The second kappa shape index (κ2) is 3.96. The third-order valence-electron chi connectivity index (χ3n) is 3.13. The van der Waals surface area contributed by atoms with E-state index in [0.717, 1.165) is 5.56 Å². The summed E-state index contributed by atoms with van der Waals surface area (Å²) in [7, 11) is 0. The fourth-order valence-electron chi connectivity index (χ4n) is 2.23. The van der Waals surface area contributed by atoms with E-state index in [1.807, 2.05) is 6.07 Å². The molecule has 1 aliphatic heterocycles. The van der Waals surface area contributed by atoms with Crippen LogP contribution in [0.5, 0.6) is 0 Å². The van der Waals surface area contributed by atoms with Crippen molar-refractivity contribution in [3.8, 4) is 0 Å². The molecule has 1 atom stereocenters. The Labute approximate surface area is 106 Å². The Morgan fingerprint density at radius 2 is 2.06 bits per heavy atom. The molecular weight excluding hydrogens is 258 g/mol. The van der Waals surface area contributed by atoms with Crippen LogP contribution in [0.2, 0.25) is 0 Å². The van der Waals surface area contributed by atoms with Gasteiger partial charge in [0.05, 0.1) is 6.61 Å². The van der Waals surface area contributed by atoms with Crippen molar-refractivity contribution >= 4 is 17.6 Å². The summed E-state index contributed by atoms with van der Waals surface area (Å²) >= 11 is 0.626. The van der Waals surface area contributed by atoms with E-state index < -0.39 is 16.5 Å². The SMILES string of the molecule is O=CC1(c2csc(F)c2F)OCc2ccccc21. The molecule has 92 valence electrons. The van der Waals surface area contributed by atoms with Crippen LogP contribution in [0, 0.1) is 10.9 Å². The molecule has 2 aromatic rings. The van der Waals surface area contributed by atoms with Gasteiger partial charge in [0.2, 0.25) is 5.13 Å². The Hall–Kier alpha value is -1.59. The Balaban J connectivity index is 2.25. The van der Waals surface area contributed by atoms with E-state index in [-0.39, 0.29) is 12.2 Å². The quantitative estimate of drug-likeness (QED) is 0.781. The van der Waals surface area contributed by atoms with Gasteiger partial charge in [-0.15, -0.1) is 11.3 Å². The minimum Gasteiger partial charge on any atom is -0.353 e. The largest absolute Gasteiger partial charge is 0.353 e. The lowest BCUT2D eigenvalue weighted by atomic mass is 9.88. The highest BCUT2D eigenvalue weighted by Gasteiger charge is 2.44. The van der Waals surface area contributed by atoms with Gasteiger partial charge in [-0.05, 0) is 5.56 Å². The van der Waals surface area contributed by atoms with Gasteiger partial charge < -0.3 is 4.74 Å². The van der Waals surface area contributed by atoms with Crippen LogP contribution in [-0.4, -0.2) is 6.29 Å². The number of hydrogen-bond donors (Lipinski definition) is 0. The predicted octanol–water partition coefficient (Wildman–Crippen LogP) is 3.00. The van der Waals surface area contributed by atoms with Gasteiger partial charge in [0.25, 0.3) is 0 Å². The number of thiophene rings is 1. The molecule has 3 rings (SSSR count). The molecule has 0 radical (unpaired) electrons. The fourth-order valence-corrected chi connectivity index (χ4v) is 2.95. The van der Waals surface area contributed by atoms with Crippen LogP contribution in [0.1, 0.15) is 16.7 Å². The third-order valence-corrected chi connectivity index (χ3v) is 3.87. The molecule has 0 spiro atoms. The van der Waals surface area contributed by atoms with Gasteiger partial charge in [-0.3, -0.25) is 4.79 Å². The molecule has 0 aliphatic carbocycles. The van der Waals surface area contributed by atoms with Crippen molar-refractivity contribution < 1.29 is 18.3 Å².